The quantitative estimate of drug-likeness (QED) is 0.398. The second kappa shape index (κ2) is 11.4. The first-order valence-electron chi connectivity index (χ1n) is 11.1. The molecule has 188 valence electrons. The number of nitrogens with one attached hydrogen (secondary N) is 2. The van der Waals surface area contributed by atoms with Crippen molar-refractivity contribution >= 4 is 32.9 Å². The average molecular weight is 512 g/mol. The molecule has 0 radical (unpaired) electrons. The Bertz CT molecular complexity index is 1170. The number of allylic oxidation sites excluding steroid dienone is 4. The minimum Gasteiger partial charge on any atom is -0.392 e. The number of sulfonamides is 1. The van der Waals surface area contributed by atoms with Gasteiger partial charge in [0.05, 0.1) is 38.8 Å². The highest BCUT2D eigenvalue weighted by molar-refractivity contribution is 7.89. The first-order valence-corrected chi connectivity index (χ1v) is 13.6. The smallest absolute Gasteiger partial charge is 0.232 e. The van der Waals surface area contributed by atoms with Crippen LogP contribution in [-0.2, 0) is 15.4 Å². The second-order valence-electron chi connectivity index (χ2n) is 9.00. The van der Waals surface area contributed by atoms with Gasteiger partial charge in [-0.2, -0.15) is 0 Å². The highest BCUT2D eigenvalue weighted by Crippen LogP contribution is 2.40. The van der Waals surface area contributed by atoms with Crippen LogP contribution in [0.5, 0.6) is 0 Å². The molecule has 34 heavy (non-hydrogen) atoms. The second-order valence-corrected chi connectivity index (χ2v) is 11.8. The molecule has 0 aliphatic rings. The van der Waals surface area contributed by atoms with Gasteiger partial charge in [0.15, 0.2) is 5.83 Å². The molecule has 0 aliphatic carbocycles. The Kier molecular flexibility index (Phi) is 9.32. The normalized spacial score (nSPS) is 14.6. The summed E-state index contributed by atoms with van der Waals surface area (Å²) in [5, 5.41) is 13.3. The molecule has 0 saturated heterocycles. The van der Waals surface area contributed by atoms with Gasteiger partial charge < -0.3 is 10.4 Å². The van der Waals surface area contributed by atoms with Crippen LogP contribution in [0, 0.1) is 0 Å². The highest BCUT2D eigenvalue weighted by Gasteiger charge is 2.27. The molecule has 0 spiro atoms. The summed E-state index contributed by atoms with van der Waals surface area (Å²) >= 11 is 1.40. The van der Waals surface area contributed by atoms with Crippen LogP contribution in [0.1, 0.15) is 65.6 Å². The van der Waals surface area contributed by atoms with Gasteiger partial charge in [0.25, 0.3) is 0 Å². The highest BCUT2D eigenvalue weighted by atomic mass is 32.2. The Hall–Kier alpha value is -2.37. The van der Waals surface area contributed by atoms with Gasteiger partial charge in [-0.3, -0.25) is 4.72 Å². The number of thiazole rings is 1. The van der Waals surface area contributed by atoms with Crippen molar-refractivity contribution in [3.8, 4) is 10.6 Å². The molecule has 8 nitrogen and oxygen atoms in total. The van der Waals surface area contributed by atoms with Crippen molar-refractivity contribution in [3.63, 3.8) is 0 Å². The number of nitrogens with zero attached hydrogens (tertiary/aromatic N) is 3. The fourth-order valence-corrected chi connectivity index (χ4v) is 5.28. The summed E-state index contributed by atoms with van der Waals surface area (Å²) in [5.41, 5.74) is 0.705. The number of hydrogen-bond donors (Lipinski definition) is 3. The molecule has 3 N–H and O–H groups in total. The molecular weight excluding hydrogens is 477 g/mol. The van der Waals surface area contributed by atoms with E-state index in [9.17, 15) is 13.5 Å². The molecule has 2 aromatic heterocycles. The number of aliphatic hydroxyl groups excluding tert-OH is 1. The molecule has 0 aliphatic heterocycles. The van der Waals surface area contributed by atoms with Crippen molar-refractivity contribution in [2.45, 2.75) is 66.4 Å². The van der Waals surface area contributed by atoms with E-state index in [4.69, 9.17) is 4.98 Å². The third kappa shape index (κ3) is 7.31. The topological polar surface area (TPSA) is 117 Å². The minimum atomic E-state index is -3.64. The van der Waals surface area contributed by atoms with E-state index < -0.39 is 22.0 Å². The monoisotopic (exact) mass is 511 g/mol. The Morgan fingerprint density at radius 2 is 2.00 bits per heavy atom. The zero-order chi connectivity index (χ0) is 25.7. The van der Waals surface area contributed by atoms with Gasteiger partial charge in [0, 0.05) is 23.7 Å². The molecule has 1 unspecified atom stereocenters. The van der Waals surface area contributed by atoms with Crippen LogP contribution < -0.4 is 10.0 Å². The van der Waals surface area contributed by atoms with E-state index in [0.29, 0.717) is 28.6 Å². The lowest BCUT2D eigenvalue weighted by molar-refractivity contribution is 0.208. The molecule has 0 aromatic carbocycles. The van der Waals surface area contributed by atoms with E-state index in [1.165, 1.54) is 18.3 Å². The van der Waals surface area contributed by atoms with Gasteiger partial charge in [-0.1, -0.05) is 33.8 Å². The van der Waals surface area contributed by atoms with Gasteiger partial charge in [-0.25, -0.2) is 27.8 Å². The summed E-state index contributed by atoms with van der Waals surface area (Å²) in [5.74, 6) is -0.463. The van der Waals surface area contributed by atoms with Gasteiger partial charge in [0.1, 0.15) is 0 Å². The molecule has 11 heteroatoms. The van der Waals surface area contributed by atoms with Crippen molar-refractivity contribution in [2.75, 3.05) is 17.6 Å². The SMILES string of the molecule is CC=C(C(F)=C(C)NS(=O)(=O)CCC)c1nc(C(C)(C)C)sc1-c1ccnc(NCC(C)O)n1. The molecule has 2 rings (SSSR count). The summed E-state index contributed by atoms with van der Waals surface area (Å²) in [6, 6.07) is 1.71. The summed E-state index contributed by atoms with van der Waals surface area (Å²) in [6.07, 6.45) is 3.00. The van der Waals surface area contributed by atoms with Crippen LogP contribution in [0.25, 0.3) is 16.1 Å². The van der Waals surface area contributed by atoms with Gasteiger partial charge >= 0.3 is 0 Å². The number of halogens is 1. The predicted octanol–water partition coefficient (Wildman–Crippen LogP) is 4.62. The van der Waals surface area contributed by atoms with Crippen molar-refractivity contribution in [1.29, 1.82) is 0 Å². The zero-order valence-electron chi connectivity index (χ0n) is 20.7. The standard InChI is InChI=1S/C23H34FN5O3S2/c1-8-12-34(31,32)29-15(4)18(24)16(9-2)19-20(33-21(28-19)23(5,6)7)17-10-11-25-22(27-17)26-13-14(3)30/h9-11,14,29-30H,8,12-13H2,1-7H3,(H,25,26,27). The maximum atomic E-state index is 15.6. The minimum absolute atomic E-state index is 0.0952. The molecule has 0 saturated carbocycles. The third-order valence-electron chi connectivity index (χ3n) is 4.60. The Labute approximate surface area is 205 Å². The fraction of sp³-hybridized carbons (Fsp3) is 0.522. The molecule has 0 fully saturated rings. The Balaban J connectivity index is 2.61. The number of anilines is 1. The fourth-order valence-electron chi connectivity index (χ4n) is 2.97. The van der Waals surface area contributed by atoms with Crippen LogP contribution in [0.3, 0.4) is 0 Å². The van der Waals surface area contributed by atoms with Crippen LogP contribution in [0.2, 0.25) is 0 Å². The number of hydrogen-bond acceptors (Lipinski definition) is 8. The maximum absolute atomic E-state index is 15.6. The molecule has 0 bridgehead atoms. The predicted molar refractivity (Wildman–Crippen MR) is 137 cm³/mol. The largest absolute Gasteiger partial charge is 0.392 e. The van der Waals surface area contributed by atoms with Crippen LogP contribution in [0.15, 0.2) is 29.9 Å². The first-order chi connectivity index (χ1) is 15.8. The molecule has 1 atom stereocenters. The van der Waals surface area contributed by atoms with Crippen LogP contribution >= 0.6 is 11.3 Å². The van der Waals surface area contributed by atoms with Crippen molar-refractivity contribution < 1.29 is 17.9 Å². The summed E-state index contributed by atoms with van der Waals surface area (Å²) < 4.78 is 42.3. The van der Waals surface area contributed by atoms with Gasteiger partial charge in [-0.15, -0.1) is 11.3 Å². The summed E-state index contributed by atoms with van der Waals surface area (Å²) in [4.78, 5) is 14.1. The number of aromatic nitrogens is 3. The lowest BCUT2D eigenvalue weighted by Gasteiger charge is -2.14. The van der Waals surface area contributed by atoms with E-state index >= 15 is 4.39 Å². The van der Waals surface area contributed by atoms with Gasteiger partial charge in [0.2, 0.25) is 16.0 Å². The lowest BCUT2D eigenvalue weighted by Crippen LogP contribution is -2.25. The van der Waals surface area contributed by atoms with Gasteiger partial charge in [-0.05, 0) is 33.3 Å². The van der Waals surface area contributed by atoms with Crippen molar-refractivity contribution in [2.24, 2.45) is 0 Å². The number of rotatable bonds is 10. The number of aliphatic hydroxyl groups is 1. The molecule has 2 aromatic rings. The summed E-state index contributed by atoms with van der Waals surface area (Å²) in [7, 11) is -3.64. The van der Waals surface area contributed by atoms with Crippen LogP contribution in [0.4, 0.5) is 10.3 Å². The van der Waals surface area contributed by atoms with E-state index in [1.807, 2.05) is 20.8 Å². The zero-order valence-corrected chi connectivity index (χ0v) is 22.4. The first kappa shape index (κ1) is 27.9. The maximum Gasteiger partial charge on any atom is 0.232 e. The average Bonchev–Trinajstić information content (AvgIpc) is 3.18. The van der Waals surface area contributed by atoms with Crippen molar-refractivity contribution in [3.05, 3.63) is 40.6 Å². The summed E-state index contributed by atoms with van der Waals surface area (Å²) in [6.45, 7) is 12.8. The van der Waals surface area contributed by atoms with E-state index in [1.54, 1.807) is 39.1 Å². The van der Waals surface area contributed by atoms with E-state index in [2.05, 4.69) is 20.0 Å². The molecular formula is C23H34FN5O3S2. The Morgan fingerprint density at radius 3 is 2.56 bits per heavy atom. The lowest BCUT2D eigenvalue weighted by atomic mass is 9.98. The van der Waals surface area contributed by atoms with E-state index in [0.717, 1.165) is 5.01 Å². The third-order valence-corrected chi connectivity index (χ3v) is 7.67. The van der Waals surface area contributed by atoms with E-state index in [-0.39, 0.29) is 29.0 Å². The Morgan fingerprint density at radius 1 is 1.32 bits per heavy atom. The van der Waals surface area contributed by atoms with Crippen molar-refractivity contribution in [1.82, 2.24) is 19.7 Å². The molecule has 2 heterocycles. The molecule has 0 amide bonds. The van der Waals surface area contributed by atoms with Crippen LogP contribution in [-0.4, -0.2) is 46.9 Å².